The number of ether oxygens (including phenoxy) is 5. The number of carbonyl (C=O) groups excluding carboxylic acids is 1. The van der Waals surface area contributed by atoms with E-state index in [1.54, 1.807) is 0 Å². The summed E-state index contributed by atoms with van der Waals surface area (Å²) in [4.78, 5) is 23.3. The van der Waals surface area contributed by atoms with Gasteiger partial charge in [-0.05, 0) is 0 Å². The van der Waals surface area contributed by atoms with Crippen LogP contribution in [0.5, 0.6) is 0 Å². The van der Waals surface area contributed by atoms with E-state index in [1.807, 2.05) is 0 Å². The molecule has 0 aliphatic carbocycles. The lowest BCUT2D eigenvalue weighted by Gasteiger charge is -2.46. The Morgan fingerprint density at radius 3 is 2.11 bits per heavy atom. The minimum Gasteiger partial charge on any atom is -0.477 e. The number of rotatable bonds is 8. The Bertz CT molecular complexity index is 817. The van der Waals surface area contributed by atoms with Crippen LogP contribution in [-0.2, 0) is 33.3 Å². The van der Waals surface area contributed by atoms with Gasteiger partial charge in [0.15, 0.2) is 18.9 Å². The Hall–Kier alpha value is -1.62. The molecule has 18 heteroatoms. The molecule has 11 N–H and O–H groups in total. The Balaban J connectivity index is 1.73. The summed E-state index contributed by atoms with van der Waals surface area (Å²) in [6, 6.07) is -1.38. The largest absolute Gasteiger partial charge is 0.477 e. The molecule has 14 atom stereocenters. The van der Waals surface area contributed by atoms with Crippen LogP contribution in [0.15, 0.2) is 0 Å². The summed E-state index contributed by atoms with van der Waals surface area (Å²) >= 11 is 0. The maximum atomic E-state index is 12.0. The van der Waals surface area contributed by atoms with E-state index in [9.17, 15) is 60.7 Å². The average molecular weight is 559 g/mol. The summed E-state index contributed by atoms with van der Waals surface area (Å²) in [5.41, 5.74) is 0. The predicted octanol–water partition coefficient (Wildman–Crippen LogP) is -6.99. The van der Waals surface area contributed by atoms with Gasteiger partial charge in [-0.3, -0.25) is 4.79 Å². The van der Waals surface area contributed by atoms with Crippen LogP contribution in [-0.4, -0.2) is 162 Å². The number of aliphatic hydroxyl groups is 9. The molecule has 3 aliphatic heterocycles. The van der Waals surface area contributed by atoms with Gasteiger partial charge in [0.25, 0.3) is 5.79 Å². The molecule has 0 aromatic heterocycles. The van der Waals surface area contributed by atoms with E-state index >= 15 is 0 Å². The molecule has 18 nitrogen and oxygen atoms in total. The number of amides is 1. The first-order valence-electron chi connectivity index (χ1n) is 11.6. The van der Waals surface area contributed by atoms with Crippen molar-refractivity contribution in [2.45, 2.75) is 99.0 Å². The third-order valence-electron chi connectivity index (χ3n) is 6.49. The van der Waals surface area contributed by atoms with Gasteiger partial charge in [0, 0.05) is 13.3 Å². The van der Waals surface area contributed by atoms with E-state index in [0.717, 1.165) is 6.92 Å². The van der Waals surface area contributed by atoms with E-state index in [1.165, 1.54) is 0 Å². The van der Waals surface area contributed by atoms with Gasteiger partial charge in [-0.1, -0.05) is 0 Å². The fourth-order valence-corrected chi connectivity index (χ4v) is 4.38. The normalized spacial score (nSPS) is 47.9. The minimum atomic E-state index is -2.69. The summed E-state index contributed by atoms with van der Waals surface area (Å²) in [5.74, 6) is -5.13. The van der Waals surface area contributed by atoms with Gasteiger partial charge < -0.3 is 80.1 Å². The molecule has 12 unspecified atom stereocenters. The van der Waals surface area contributed by atoms with Gasteiger partial charge >= 0.3 is 5.97 Å². The van der Waals surface area contributed by atoms with Crippen LogP contribution in [0.3, 0.4) is 0 Å². The average Bonchev–Trinajstić information content (AvgIpc) is 2.85. The first-order chi connectivity index (χ1) is 17.7. The highest BCUT2D eigenvalue weighted by atomic mass is 16.8. The van der Waals surface area contributed by atoms with Crippen LogP contribution in [0.4, 0.5) is 0 Å². The molecule has 0 saturated carbocycles. The number of nitrogens with one attached hydrogen (secondary N) is 1. The Kier molecular flexibility index (Phi) is 9.98. The van der Waals surface area contributed by atoms with E-state index in [0.29, 0.717) is 0 Å². The summed E-state index contributed by atoms with van der Waals surface area (Å²) in [6.07, 6.45) is -22.4. The molecule has 1 amide bonds. The number of carboxylic acids is 1. The van der Waals surface area contributed by atoms with Gasteiger partial charge in [0.2, 0.25) is 5.91 Å². The number of aliphatic carboxylic acids is 1. The van der Waals surface area contributed by atoms with Crippen LogP contribution in [0.1, 0.15) is 13.3 Å². The fourth-order valence-electron chi connectivity index (χ4n) is 4.38. The number of aliphatic hydroxyl groups excluding tert-OH is 9. The second kappa shape index (κ2) is 12.3. The summed E-state index contributed by atoms with van der Waals surface area (Å²) in [5, 5.41) is 103. The monoisotopic (exact) mass is 559 g/mol. The highest BCUT2D eigenvalue weighted by molar-refractivity contribution is 5.76. The molecule has 3 rings (SSSR count). The molecule has 0 radical (unpaired) electrons. The molecule has 3 saturated heterocycles. The molecule has 38 heavy (non-hydrogen) atoms. The van der Waals surface area contributed by atoms with E-state index in [4.69, 9.17) is 23.7 Å². The smallest absolute Gasteiger partial charge is 0.364 e. The molecule has 0 bridgehead atoms. The van der Waals surface area contributed by atoms with Crippen molar-refractivity contribution in [1.82, 2.24) is 5.32 Å². The molecular formula is C20H33NO17. The number of hydrogen-bond donors (Lipinski definition) is 11. The van der Waals surface area contributed by atoms with Crippen molar-refractivity contribution in [3.8, 4) is 0 Å². The maximum Gasteiger partial charge on any atom is 0.364 e. The van der Waals surface area contributed by atoms with Crippen molar-refractivity contribution < 1.29 is 84.3 Å². The van der Waals surface area contributed by atoms with Crippen LogP contribution >= 0.6 is 0 Å². The zero-order valence-corrected chi connectivity index (χ0v) is 20.0. The lowest BCUT2D eigenvalue weighted by molar-refractivity contribution is -0.368. The zero-order chi connectivity index (χ0) is 28.5. The van der Waals surface area contributed by atoms with Gasteiger partial charge in [-0.15, -0.1) is 0 Å². The molecule has 3 aliphatic rings. The minimum absolute atomic E-state index is 0.642. The molecule has 3 heterocycles. The second-order valence-corrected chi connectivity index (χ2v) is 9.22. The highest BCUT2D eigenvalue weighted by Crippen LogP contribution is 2.33. The van der Waals surface area contributed by atoms with Crippen LogP contribution < -0.4 is 5.32 Å². The SMILES string of the molecule is CC(=O)NC1C(O)O[C@@](OCC2OC(OC3C(CO)OC(O)C(O)C3O)C(O)C(O)C2O)(C(=O)O)C[C@H]1O. The van der Waals surface area contributed by atoms with Crippen molar-refractivity contribution in [3.05, 3.63) is 0 Å². The third kappa shape index (κ3) is 6.24. The van der Waals surface area contributed by atoms with Crippen LogP contribution in [0.25, 0.3) is 0 Å². The van der Waals surface area contributed by atoms with E-state index < -0.39 is 117 Å². The van der Waals surface area contributed by atoms with E-state index in [-0.39, 0.29) is 0 Å². The van der Waals surface area contributed by atoms with Crippen LogP contribution in [0, 0.1) is 0 Å². The standard InChI is InChI=1S/C20H33NO17/c1-5(23)21-9-6(24)2-20(19(32)33,38-16(9)30)34-4-8-10(25)11(26)14(29)18(36-8)37-15-7(3-22)35-17(31)13(28)12(15)27/h6-18,22,24-31H,2-4H2,1H3,(H,21,23)(H,32,33)/t6-,7?,8?,9?,10?,11?,12?,13?,14?,15?,16?,17?,18?,20-/m1/s1. The second-order valence-electron chi connectivity index (χ2n) is 9.22. The van der Waals surface area contributed by atoms with Crippen LogP contribution in [0.2, 0.25) is 0 Å². The first kappa shape index (κ1) is 30.9. The van der Waals surface area contributed by atoms with Gasteiger partial charge in [0.1, 0.15) is 54.9 Å². The molecule has 0 aromatic rings. The van der Waals surface area contributed by atoms with Crippen molar-refractivity contribution in [2.75, 3.05) is 13.2 Å². The Morgan fingerprint density at radius 2 is 1.55 bits per heavy atom. The summed E-state index contributed by atoms with van der Waals surface area (Å²) in [6.45, 7) is -0.594. The van der Waals surface area contributed by atoms with Crippen molar-refractivity contribution >= 4 is 11.9 Å². The molecule has 220 valence electrons. The topological polar surface area (TPSA) is 295 Å². The van der Waals surface area contributed by atoms with Crippen molar-refractivity contribution in [1.29, 1.82) is 0 Å². The van der Waals surface area contributed by atoms with E-state index in [2.05, 4.69) is 5.32 Å². The first-order valence-corrected chi connectivity index (χ1v) is 11.6. The molecular weight excluding hydrogens is 526 g/mol. The van der Waals surface area contributed by atoms with Gasteiger partial charge in [-0.2, -0.15) is 0 Å². The number of carboxylic acid groups (broad SMARTS) is 1. The molecule has 3 fully saturated rings. The Morgan fingerprint density at radius 1 is 0.895 bits per heavy atom. The highest BCUT2D eigenvalue weighted by Gasteiger charge is 2.55. The lowest BCUT2D eigenvalue weighted by atomic mass is 9.96. The summed E-state index contributed by atoms with van der Waals surface area (Å²) < 4.78 is 26.1. The fraction of sp³-hybridized carbons (Fsp3) is 0.900. The van der Waals surface area contributed by atoms with Gasteiger partial charge in [0.05, 0.1) is 19.3 Å². The maximum absolute atomic E-state index is 12.0. The molecule has 0 aromatic carbocycles. The quantitative estimate of drug-likeness (QED) is 0.132. The number of hydrogen-bond acceptors (Lipinski definition) is 16. The molecule has 0 spiro atoms. The lowest BCUT2D eigenvalue weighted by Crippen LogP contribution is -2.66. The van der Waals surface area contributed by atoms with Crippen molar-refractivity contribution in [2.24, 2.45) is 0 Å². The Labute approximate surface area is 214 Å². The number of carbonyl (C=O) groups is 2. The zero-order valence-electron chi connectivity index (χ0n) is 20.0. The third-order valence-corrected chi connectivity index (χ3v) is 6.49. The summed E-state index contributed by atoms with van der Waals surface area (Å²) in [7, 11) is 0. The van der Waals surface area contributed by atoms with Crippen molar-refractivity contribution in [3.63, 3.8) is 0 Å². The predicted molar refractivity (Wildman–Crippen MR) is 113 cm³/mol. The van der Waals surface area contributed by atoms with Gasteiger partial charge in [-0.25, -0.2) is 4.79 Å².